The van der Waals surface area contributed by atoms with Crippen LogP contribution in [0.15, 0.2) is 29.2 Å². The van der Waals surface area contributed by atoms with Crippen LogP contribution >= 0.6 is 0 Å². The molecule has 1 rings (SSSR count). The van der Waals surface area contributed by atoms with Crippen LogP contribution in [0.25, 0.3) is 0 Å². The molecule has 0 radical (unpaired) electrons. The Morgan fingerprint density at radius 1 is 1.29 bits per heavy atom. The van der Waals surface area contributed by atoms with Crippen molar-refractivity contribution < 1.29 is 18.3 Å². The summed E-state index contributed by atoms with van der Waals surface area (Å²) in [6.45, 7) is 0. The molecule has 0 unspecified atom stereocenters. The molecular formula is C11H11NO4S. The van der Waals surface area contributed by atoms with Crippen LogP contribution in [-0.4, -0.2) is 25.2 Å². The number of rotatable bonds is 5. The van der Waals surface area contributed by atoms with Crippen molar-refractivity contribution >= 4 is 15.8 Å². The topological polar surface area (TPSA) is 95.2 Å². The molecule has 0 saturated carbocycles. The molecule has 5 nitrogen and oxygen atoms in total. The fraction of sp³-hybridized carbons (Fsp3) is 0.273. The van der Waals surface area contributed by atoms with Gasteiger partial charge in [0.1, 0.15) is 0 Å². The Morgan fingerprint density at radius 2 is 1.88 bits per heavy atom. The van der Waals surface area contributed by atoms with E-state index in [2.05, 4.69) is 0 Å². The molecule has 17 heavy (non-hydrogen) atoms. The number of nitrogens with zero attached hydrogens (tertiary/aromatic N) is 1. The fourth-order valence-electron chi connectivity index (χ4n) is 1.26. The van der Waals surface area contributed by atoms with Gasteiger partial charge in [0.05, 0.1) is 22.3 Å². The van der Waals surface area contributed by atoms with E-state index in [1.807, 2.05) is 6.07 Å². The molecule has 0 amide bonds. The highest BCUT2D eigenvalue weighted by Crippen LogP contribution is 2.13. The first-order valence-corrected chi connectivity index (χ1v) is 6.55. The molecule has 0 heterocycles. The van der Waals surface area contributed by atoms with Crippen LogP contribution in [0, 0.1) is 11.3 Å². The third-order valence-corrected chi connectivity index (χ3v) is 3.98. The maximum absolute atomic E-state index is 11.7. The van der Waals surface area contributed by atoms with E-state index in [0.29, 0.717) is 0 Å². The van der Waals surface area contributed by atoms with Crippen LogP contribution in [-0.2, 0) is 9.84 Å². The normalized spacial score (nSPS) is 10.8. The predicted octanol–water partition coefficient (Wildman–Crippen LogP) is 1.46. The van der Waals surface area contributed by atoms with Crippen molar-refractivity contribution in [2.24, 2.45) is 0 Å². The molecule has 1 N–H and O–H groups in total. The maximum atomic E-state index is 11.7. The summed E-state index contributed by atoms with van der Waals surface area (Å²) >= 11 is 0. The lowest BCUT2D eigenvalue weighted by Gasteiger charge is -2.03. The van der Waals surface area contributed by atoms with Crippen LogP contribution in [0.2, 0.25) is 0 Å². The van der Waals surface area contributed by atoms with Crippen LogP contribution in [0.4, 0.5) is 0 Å². The van der Waals surface area contributed by atoms with E-state index in [1.165, 1.54) is 24.3 Å². The van der Waals surface area contributed by atoms with Gasteiger partial charge >= 0.3 is 5.97 Å². The molecule has 0 aliphatic rings. The summed E-state index contributed by atoms with van der Waals surface area (Å²) in [5.74, 6) is -1.20. The number of sulfone groups is 1. The Bertz CT molecular complexity index is 540. The van der Waals surface area contributed by atoms with E-state index in [9.17, 15) is 13.2 Å². The van der Waals surface area contributed by atoms with Crippen molar-refractivity contribution in [1.29, 1.82) is 5.26 Å². The maximum Gasteiger partial charge on any atom is 0.335 e. The van der Waals surface area contributed by atoms with Gasteiger partial charge in [-0.3, -0.25) is 0 Å². The quantitative estimate of drug-likeness (QED) is 0.801. The second kappa shape index (κ2) is 5.46. The number of nitriles is 1. The smallest absolute Gasteiger partial charge is 0.335 e. The van der Waals surface area contributed by atoms with Gasteiger partial charge < -0.3 is 5.11 Å². The number of hydrogen-bond acceptors (Lipinski definition) is 4. The zero-order valence-corrected chi connectivity index (χ0v) is 9.77. The predicted molar refractivity (Wildman–Crippen MR) is 60.3 cm³/mol. The van der Waals surface area contributed by atoms with Crippen molar-refractivity contribution in [3.63, 3.8) is 0 Å². The first-order chi connectivity index (χ1) is 7.97. The van der Waals surface area contributed by atoms with Gasteiger partial charge in [-0.05, 0) is 30.7 Å². The largest absolute Gasteiger partial charge is 0.478 e. The van der Waals surface area contributed by atoms with Gasteiger partial charge in [-0.15, -0.1) is 0 Å². The van der Waals surface area contributed by atoms with Crippen molar-refractivity contribution in [3.8, 4) is 6.07 Å². The fourth-order valence-corrected chi connectivity index (χ4v) is 2.57. The van der Waals surface area contributed by atoms with E-state index in [0.717, 1.165) is 0 Å². The Balaban J connectivity index is 2.86. The SMILES string of the molecule is N#CCCCS(=O)(=O)c1ccc(C(=O)O)cc1. The number of hydrogen-bond donors (Lipinski definition) is 1. The molecule has 90 valence electrons. The molecule has 0 fully saturated rings. The van der Waals surface area contributed by atoms with Gasteiger partial charge in [-0.2, -0.15) is 5.26 Å². The van der Waals surface area contributed by atoms with E-state index in [1.54, 1.807) is 0 Å². The molecule has 0 aliphatic heterocycles. The standard InChI is InChI=1S/C11H11NO4S/c12-7-1-2-8-17(15,16)10-5-3-9(4-6-10)11(13)14/h3-6H,1-2,8H2,(H,13,14). The van der Waals surface area contributed by atoms with E-state index >= 15 is 0 Å². The third-order valence-electron chi connectivity index (χ3n) is 2.16. The number of unbranched alkanes of at least 4 members (excludes halogenated alkanes) is 1. The van der Waals surface area contributed by atoms with Crippen molar-refractivity contribution in [1.82, 2.24) is 0 Å². The van der Waals surface area contributed by atoms with Crippen LogP contribution in [0.1, 0.15) is 23.2 Å². The second-order valence-corrected chi connectivity index (χ2v) is 5.52. The van der Waals surface area contributed by atoms with Gasteiger partial charge in [0.2, 0.25) is 0 Å². The lowest BCUT2D eigenvalue weighted by molar-refractivity contribution is 0.0697. The number of benzene rings is 1. The first-order valence-electron chi connectivity index (χ1n) is 4.90. The summed E-state index contributed by atoms with van der Waals surface area (Å²) in [5.41, 5.74) is 0.0426. The van der Waals surface area contributed by atoms with Crippen molar-refractivity contribution in [2.45, 2.75) is 17.7 Å². The Labute approximate surface area is 99.2 Å². The lowest BCUT2D eigenvalue weighted by Crippen LogP contribution is -2.07. The van der Waals surface area contributed by atoms with E-state index in [4.69, 9.17) is 10.4 Å². The highest BCUT2D eigenvalue weighted by atomic mass is 32.2. The summed E-state index contributed by atoms with van der Waals surface area (Å²) in [4.78, 5) is 10.7. The average Bonchev–Trinajstić information content (AvgIpc) is 2.29. The third kappa shape index (κ3) is 3.57. The van der Waals surface area contributed by atoms with E-state index in [-0.39, 0.29) is 29.1 Å². The molecular weight excluding hydrogens is 242 g/mol. The molecule has 1 aromatic rings. The van der Waals surface area contributed by atoms with Crippen molar-refractivity contribution in [3.05, 3.63) is 29.8 Å². The molecule has 0 aromatic heterocycles. The van der Waals surface area contributed by atoms with Gasteiger partial charge in [0, 0.05) is 6.42 Å². The molecule has 0 atom stereocenters. The minimum atomic E-state index is -3.42. The van der Waals surface area contributed by atoms with E-state index < -0.39 is 15.8 Å². The minimum absolute atomic E-state index is 0.0426. The summed E-state index contributed by atoms with van der Waals surface area (Å²) in [7, 11) is -3.42. The Kier molecular flexibility index (Phi) is 4.24. The Morgan fingerprint density at radius 3 is 2.35 bits per heavy atom. The summed E-state index contributed by atoms with van der Waals surface area (Å²) in [6.07, 6.45) is 0.464. The lowest BCUT2D eigenvalue weighted by atomic mass is 10.2. The first kappa shape index (κ1) is 13.2. The summed E-state index contributed by atoms with van der Waals surface area (Å²) < 4.78 is 23.5. The molecule has 0 saturated heterocycles. The number of aromatic carboxylic acids is 1. The molecule has 6 heteroatoms. The number of carbonyl (C=O) groups is 1. The molecule has 1 aromatic carbocycles. The number of carboxylic acid groups (broad SMARTS) is 1. The zero-order chi connectivity index (χ0) is 12.9. The highest BCUT2D eigenvalue weighted by molar-refractivity contribution is 7.91. The van der Waals surface area contributed by atoms with Crippen LogP contribution in [0.5, 0.6) is 0 Å². The molecule has 0 aliphatic carbocycles. The van der Waals surface area contributed by atoms with Gasteiger partial charge in [-0.1, -0.05) is 0 Å². The van der Waals surface area contributed by atoms with Crippen LogP contribution in [0.3, 0.4) is 0 Å². The second-order valence-electron chi connectivity index (χ2n) is 3.41. The molecule has 0 bridgehead atoms. The zero-order valence-electron chi connectivity index (χ0n) is 8.96. The summed E-state index contributed by atoms with van der Waals surface area (Å²) in [6, 6.07) is 6.91. The van der Waals surface area contributed by atoms with Gasteiger partial charge in [-0.25, -0.2) is 13.2 Å². The summed E-state index contributed by atoms with van der Waals surface area (Å²) in [5, 5.41) is 17.0. The van der Waals surface area contributed by atoms with Crippen molar-refractivity contribution in [2.75, 3.05) is 5.75 Å². The Hall–Kier alpha value is -1.87. The van der Waals surface area contributed by atoms with Gasteiger partial charge in [0.25, 0.3) is 0 Å². The van der Waals surface area contributed by atoms with Gasteiger partial charge in [0.15, 0.2) is 9.84 Å². The average molecular weight is 253 g/mol. The molecule has 0 spiro atoms. The minimum Gasteiger partial charge on any atom is -0.478 e. The number of carboxylic acids is 1. The monoisotopic (exact) mass is 253 g/mol. The highest BCUT2D eigenvalue weighted by Gasteiger charge is 2.14. The van der Waals surface area contributed by atoms with Crippen LogP contribution < -0.4 is 0 Å².